The van der Waals surface area contributed by atoms with Crippen molar-refractivity contribution in [3.63, 3.8) is 0 Å². The van der Waals surface area contributed by atoms with Crippen molar-refractivity contribution in [2.24, 2.45) is 0 Å². The first-order chi connectivity index (χ1) is 9.88. The maximum atomic E-state index is 11.9. The van der Waals surface area contributed by atoms with Crippen molar-refractivity contribution in [1.82, 2.24) is 10.6 Å². The number of carbonyl (C=O) groups excluding carboxylic acids is 2. The molecule has 0 saturated carbocycles. The lowest BCUT2D eigenvalue weighted by Gasteiger charge is -2.21. The van der Waals surface area contributed by atoms with Crippen LogP contribution in [0, 0.1) is 0 Å². The summed E-state index contributed by atoms with van der Waals surface area (Å²) >= 11 is 3.43. The summed E-state index contributed by atoms with van der Waals surface area (Å²) in [6.45, 7) is 2.38. The highest BCUT2D eigenvalue weighted by molar-refractivity contribution is 9.10. The summed E-state index contributed by atoms with van der Waals surface area (Å²) in [5, 5.41) is 4.64. The molecular formula is C14H21BrN3O3+. The first-order valence-corrected chi connectivity index (χ1v) is 7.35. The Hall–Kier alpha value is -1.60. The number of ether oxygens (including phenoxy) is 1. The van der Waals surface area contributed by atoms with E-state index in [1.807, 2.05) is 25.2 Å². The fraction of sp³-hybridized carbons (Fsp3) is 0.429. The van der Waals surface area contributed by atoms with Gasteiger partial charge in [-0.2, -0.15) is 0 Å². The van der Waals surface area contributed by atoms with E-state index < -0.39 is 6.03 Å². The van der Waals surface area contributed by atoms with Crippen LogP contribution in [0.25, 0.3) is 0 Å². The largest absolute Gasteiger partial charge is 0.496 e. The Morgan fingerprint density at radius 2 is 2.10 bits per heavy atom. The molecule has 3 amide bonds. The normalized spacial score (nSPS) is 13.2. The van der Waals surface area contributed by atoms with Gasteiger partial charge in [0.05, 0.1) is 14.2 Å². The van der Waals surface area contributed by atoms with Crippen LogP contribution >= 0.6 is 15.9 Å². The molecule has 3 N–H and O–H groups in total. The van der Waals surface area contributed by atoms with Crippen molar-refractivity contribution in [2.75, 3.05) is 21.2 Å². The Kier molecular flexibility index (Phi) is 6.64. The van der Waals surface area contributed by atoms with E-state index in [-0.39, 0.29) is 11.9 Å². The molecule has 1 aromatic carbocycles. The molecule has 6 nitrogen and oxygen atoms in total. The molecule has 1 rings (SSSR count). The highest BCUT2D eigenvalue weighted by Crippen LogP contribution is 2.22. The second-order valence-electron chi connectivity index (χ2n) is 4.77. The van der Waals surface area contributed by atoms with Crippen LogP contribution in [0.5, 0.6) is 5.75 Å². The molecule has 2 atom stereocenters. The summed E-state index contributed by atoms with van der Waals surface area (Å²) in [6, 6.07) is 4.87. The van der Waals surface area contributed by atoms with Crippen molar-refractivity contribution in [3.8, 4) is 5.75 Å². The van der Waals surface area contributed by atoms with E-state index in [9.17, 15) is 9.59 Å². The van der Waals surface area contributed by atoms with Gasteiger partial charge in [-0.15, -0.1) is 0 Å². The number of halogens is 1. The van der Waals surface area contributed by atoms with E-state index in [4.69, 9.17) is 4.74 Å². The number of hydrogen-bond donors (Lipinski definition) is 3. The molecule has 0 fully saturated rings. The van der Waals surface area contributed by atoms with Gasteiger partial charge in [-0.25, -0.2) is 4.79 Å². The van der Waals surface area contributed by atoms with Gasteiger partial charge >= 0.3 is 6.03 Å². The van der Waals surface area contributed by atoms with Crippen LogP contribution < -0.4 is 20.3 Å². The third kappa shape index (κ3) is 5.02. The van der Waals surface area contributed by atoms with Crippen molar-refractivity contribution in [1.29, 1.82) is 0 Å². The fourth-order valence-corrected chi connectivity index (χ4v) is 2.25. The predicted octanol–water partition coefficient (Wildman–Crippen LogP) is 0.317. The zero-order valence-corrected chi connectivity index (χ0v) is 14.2. The minimum atomic E-state index is -0.500. The minimum absolute atomic E-state index is 0.319. The smallest absolute Gasteiger partial charge is 0.321 e. The number of hydrogen-bond acceptors (Lipinski definition) is 3. The number of amides is 3. The molecule has 21 heavy (non-hydrogen) atoms. The van der Waals surface area contributed by atoms with E-state index in [0.717, 1.165) is 20.7 Å². The summed E-state index contributed by atoms with van der Waals surface area (Å²) in [4.78, 5) is 24.1. The van der Waals surface area contributed by atoms with Crippen LogP contribution in [-0.2, 0) is 11.3 Å². The molecule has 0 aliphatic carbocycles. The van der Waals surface area contributed by atoms with Crippen LogP contribution in [0.4, 0.5) is 4.79 Å². The second kappa shape index (κ2) is 7.99. The Bertz CT molecular complexity index is 522. The molecule has 1 aromatic rings. The average Bonchev–Trinajstić information content (AvgIpc) is 2.46. The zero-order valence-electron chi connectivity index (χ0n) is 12.6. The number of likely N-dealkylation sites (N-methyl/N-ethyl adjacent to an activating group) is 1. The summed E-state index contributed by atoms with van der Waals surface area (Å²) in [7, 11) is 4.98. The maximum absolute atomic E-state index is 11.9. The quantitative estimate of drug-likeness (QED) is 0.709. The third-order valence-electron chi connectivity index (χ3n) is 3.31. The number of quaternary nitrogens is 1. The van der Waals surface area contributed by atoms with Gasteiger partial charge in [0, 0.05) is 17.1 Å². The van der Waals surface area contributed by atoms with E-state index in [2.05, 4.69) is 26.6 Å². The summed E-state index contributed by atoms with van der Waals surface area (Å²) in [5.74, 6) is 0.456. The molecular weight excluding hydrogens is 338 g/mol. The first kappa shape index (κ1) is 17.5. The van der Waals surface area contributed by atoms with Crippen LogP contribution in [0.1, 0.15) is 12.5 Å². The van der Waals surface area contributed by atoms with Crippen LogP contribution in [0.3, 0.4) is 0 Å². The van der Waals surface area contributed by atoms with Gasteiger partial charge < -0.3 is 15.0 Å². The Balaban J connectivity index is 2.76. The lowest BCUT2D eigenvalue weighted by Crippen LogP contribution is -3.12. The van der Waals surface area contributed by atoms with E-state index >= 15 is 0 Å². The number of nitrogens with one attached hydrogen (secondary N) is 3. The number of imide groups is 1. The highest BCUT2D eigenvalue weighted by Gasteiger charge is 2.24. The lowest BCUT2D eigenvalue weighted by molar-refractivity contribution is -0.908. The van der Waals surface area contributed by atoms with Crippen LogP contribution in [0.2, 0.25) is 0 Å². The van der Waals surface area contributed by atoms with Gasteiger partial charge in [-0.1, -0.05) is 15.9 Å². The van der Waals surface area contributed by atoms with Crippen molar-refractivity contribution in [2.45, 2.75) is 19.5 Å². The standard InChI is InChI=1S/C14H20BrN3O3/c1-9(13(19)17-14(20)16-2)18(3)8-10-7-11(15)5-6-12(10)21-4/h5-7,9H,8H2,1-4H3,(H2,16,17,19,20)/p+1/t9-/m1/s1. The monoisotopic (exact) mass is 358 g/mol. The summed E-state index contributed by atoms with van der Waals surface area (Å²) in [5.41, 5.74) is 0.990. The molecule has 0 saturated heterocycles. The van der Waals surface area contributed by atoms with E-state index in [1.165, 1.54) is 7.05 Å². The maximum Gasteiger partial charge on any atom is 0.321 e. The molecule has 0 bridgehead atoms. The van der Waals surface area contributed by atoms with Gasteiger partial charge in [-0.05, 0) is 25.1 Å². The molecule has 0 heterocycles. The van der Waals surface area contributed by atoms with Crippen LogP contribution in [-0.4, -0.2) is 39.2 Å². The highest BCUT2D eigenvalue weighted by atomic mass is 79.9. The number of urea groups is 1. The SMILES string of the molecule is CNC(=O)NC(=O)[C@@H](C)[NH+](C)Cc1cc(Br)ccc1OC. The van der Waals surface area contributed by atoms with E-state index in [0.29, 0.717) is 6.54 Å². The number of carbonyl (C=O) groups is 2. The molecule has 116 valence electrons. The van der Waals surface area contributed by atoms with Crippen molar-refractivity contribution >= 4 is 27.9 Å². The van der Waals surface area contributed by atoms with Gasteiger partial charge in [0.2, 0.25) is 0 Å². The molecule has 0 spiro atoms. The fourth-order valence-electron chi connectivity index (χ4n) is 1.85. The molecule has 1 unspecified atom stereocenters. The van der Waals surface area contributed by atoms with Crippen molar-refractivity contribution < 1.29 is 19.2 Å². The zero-order chi connectivity index (χ0) is 16.0. The molecule has 0 aliphatic heterocycles. The minimum Gasteiger partial charge on any atom is -0.496 e. The van der Waals surface area contributed by atoms with Gasteiger partial charge in [-0.3, -0.25) is 10.1 Å². The van der Waals surface area contributed by atoms with Crippen LogP contribution in [0.15, 0.2) is 22.7 Å². The summed E-state index contributed by atoms with van der Waals surface area (Å²) < 4.78 is 6.28. The summed E-state index contributed by atoms with van der Waals surface area (Å²) in [6.07, 6.45) is 0. The first-order valence-electron chi connectivity index (χ1n) is 6.56. The Morgan fingerprint density at radius 1 is 1.43 bits per heavy atom. The third-order valence-corrected chi connectivity index (χ3v) is 3.80. The van der Waals surface area contributed by atoms with Gasteiger partial charge in [0.1, 0.15) is 12.3 Å². The lowest BCUT2D eigenvalue weighted by atomic mass is 10.1. The molecule has 0 aliphatic rings. The van der Waals surface area contributed by atoms with E-state index in [1.54, 1.807) is 14.0 Å². The molecule has 7 heteroatoms. The Morgan fingerprint density at radius 3 is 2.67 bits per heavy atom. The van der Waals surface area contributed by atoms with Gasteiger partial charge in [0.25, 0.3) is 5.91 Å². The van der Waals surface area contributed by atoms with Gasteiger partial charge in [0.15, 0.2) is 6.04 Å². The number of benzene rings is 1. The molecule has 0 radical (unpaired) electrons. The Labute approximate surface area is 133 Å². The number of methoxy groups -OCH3 is 1. The predicted molar refractivity (Wildman–Crippen MR) is 83.3 cm³/mol. The average molecular weight is 359 g/mol. The van der Waals surface area contributed by atoms with Crippen molar-refractivity contribution in [3.05, 3.63) is 28.2 Å². The molecule has 0 aromatic heterocycles. The topological polar surface area (TPSA) is 71.9 Å². The number of rotatable bonds is 5. The second-order valence-corrected chi connectivity index (χ2v) is 5.69.